The Balaban J connectivity index is 1.04. The van der Waals surface area contributed by atoms with E-state index in [1.54, 1.807) is 6.33 Å². The van der Waals surface area contributed by atoms with Crippen LogP contribution in [0, 0.1) is 5.92 Å². The van der Waals surface area contributed by atoms with E-state index in [4.69, 9.17) is 4.74 Å². The quantitative estimate of drug-likeness (QED) is 0.101. The number of hydrogen-bond donors (Lipinski definition) is 2. The number of amidine groups is 1. The number of nitrogens with zero attached hydrogens (tertiary/aromatic N) is 5. The number of benzene rings is 2. The minimum Gasteiger partial charge on any atom is -0.457 e. The molecule has 42 heavy (non-hydrogen) atoms. The van der Waals surface area contributed by atoms with E-state index in [9.17, 15) is 0 Å². The van der Waals surface area contributed by atoms with E-state index in [-0.39, 0.29) is 0 Å². The van der Waals surface area contributed by atoms with Gasteiger partial charge in [0.2, 0.25) is 0 Å². The highest BCUT2D eigenvalue weighted by molar-refractivity contribution is 5.87. The fourth-order valence-corrected chi connectivity index (χ4v) is 6.00. The van der Waals surface area contributed by atoms with Crippen molar-refractivity contribution in [2.24, 2.45) is 10.9 Å². The van der Waals surface area contributed by atoms with Gasteiger partial charge in [0.25, 0.3) is 0 Å². The van der Waals surface area contributed by atoms with Crippen molar-refractivity contribution >= 4 is 22.7 Å². The molecule has 2 unspecified atom stereocenters. The molecule has 1 fully saturated rings. The molecule has 0 aliphatic heterocycles. The van der Waals surface area contributed by atoms with Crippen LogP contribution in [-0.4, -0.2) is 59.0 Å². The Bertz CT molecular complexity index is 1470. The molecule has 2 aromatic heterocycles. The highest BCUT2D eigenvalue weighted by atomic mass is 16.5. The van der Waals surface area contributed by atoms with Gasteiger partial charge in [0.15, 0.2) is 0 Å². The Morgan fingerprint density at radius 3 is 2.76 bits per heavy atom. The van der Waals surface area contributed by atoms with Gasteiger partial charge in [-0.05, 0) is 93.2 Å². The fraction of sp³-hybridized carbons (Fsp3) is 0.382. The predicted octanol–water partition coefficient (Wildman–Crippen LogP) is 6.69. The van der Waals surface area contributed by atoms with E-state index >= 15 is 0 Å². The molecular formula is C34H43N7O. The number of ether oxygens (including phenoxy) is 1. The molecule has 220 valence electrons. The summed E-state index contributed by atoms with van der Waals surface area (Å²) in [5.41, 5.74) is 2.28. The van der Waals surface area contributed by atoms with Gasteiger partial charge < -0.3 is 24.8 Å². The molecule has 5 rings (SSSR count). The van der Waals surface area contributed by atoms with Crippen molar-refractivity contribution in [3.8, 4) is 11.5 Å². The summed E-state index contributed by atoms with van der Waals surface area (Å²) in [6.45, 7) is 6.95. The van der Waals surface area contributed by atoms with Crippen LogP contribution in [0.2, 0.25) is 0 Å². The lowest BCUT2D eigenvalue weighted by molar-refractivity contribution is 0.394. The third-order valence-corrected chi connectivity index (χ3v) is 8.14. The molecule has 0 bridgehead atoms. The lowest BCUT2D eigenvalue weighted by Gasteiger charge is -2.25. The second kappa shape index (κ2) is 14.6. The number of anilines is 1. The van der Waals surface area contributed by atoms with Crippen molar-refractivity contribution in [3.63, 3.8) is 0 Å². The van der Waals surface area contributed by atoms with Crippen LogP contribution in [0.4, 0.5) is 5.82 Å². The second-order valence-electron chi connectivity index (χ2n) is 10.9. The van der Waals surface area contributed by atoms with Crippen LogP contribution in [0.15, 0.2) is 91.0 Å². The third kappa shape index (κ3) is 7.36. The minimum atomic E-state index is 0.454. The van der Waals surface area contributed by atoms with E-state index in [0.717, 1.165) is 85.9 Å². The number of aliphatic imine (C=N–C) groups is 1. The maximum absolute atomic E-state index is 5.98. The summed E-state index contributed by atoms with van der Waals surface area (Å²) < 4.78 is 8.31. The maximum Gasteiger partial charge on any atom is 0.145 e. The molecule has 8 heteroatoms. The first kappa shape index (κ1) is 29.3. The number of rotatable bonds is 14. The van der Waals surface area contributed by atoms with Crippen LogP contribution < -0.4 is 15.4 Å². The Labute approximate surface area is 249 Å². The van der Waals surface area contributed by atoms with Gasteiger partial charge in [-0.2, -0.15) is 0 Å². The van der Waals surface area contributed by atoms with Crippen molar-refractivity contribution in [2.45, 2.75) is 44.6 Å². The van der Waals surface area contributed by atoms with Crippen molar-refractivity contribution < 1.29 is 4.74 Å². The zero-order valence-electron chi connectivity index (χ0n) is 24.9. The molecular weight excluding hydrogens is 522 g/mol. The van der Waals surface area contributed by atoms with E-state index in [1.807, 2.05) is 56.7 Å². The van der Waals surface area contributed by atoms with E-state index < -0.39 is 0 Å². The summed E-state index contributed by atoms with van der Waals surface area (Å²) in [6.07, 6.45) is 12.2. The number of fused-ring (bicyclic) bond motifs is 1. The monoisotopic (exact) mass is 565 g/mol. The van der Waals surface area contributed by atoms with Gasteiger partial charge in [0.05, 0.1) is 5.39 Å². The Morgan fingerprint density at radius 2 is 1.95 bits per heavy atom. The molecule has 2 aromatic carbocycles. The molecule has 2 N–H and O–H groups in total. The summed E-state index contributed by atoms with van der Waals surface area (Å²) in [7, 11) is 3.80. The number of nitrogens with one attached hydrogen (secondary N) is 2. The van der Waals surface area contributed by atoms with Crippen molar-refractivity contribution in [2.75, 3.05) is 39.0 Å². The molecule has 8 nitrogen and oxygen atoms in total. The molecule has 0 saturated heterocycles. The van der Waals surface area contributed by atoms with Crippen LogP contribution in [0.5, 0.6) is 11.5 Å². The SMILES string of the molecule is C=CN(CC1CCC(n2ccc3c(NC)ncnc32)C1)/C(CCCNCCc1cccc(Oc2ccccc2)c1)=N\C. The molecule has 0 spiro atoms. The molecule has 0 amide bonds. The summed E-state index contributed by atoms with van der Waals surface area (Å²) in [5.74, 6) is 4.31. The topological polar surface area (TPSA) is 79.6 Å². The van der Waals surface area contributed by atoms with Crippen LogP contribution in [0.1, 0.15) is 43.7 Å². The molecule has 2 heterocycles. The normalized spacial score (nSPS) is 17.0. The number of hydrogen-bond acceptors (Lipinski definition) is 6. The van der Waals surface area contributed by atoms with Crippen LogP contribution >= 0.6 is 0 Å². The zero-order chi connectivity index (χ0) is 29.1. The average Bonchev–Trinajstić information content (AvgIpc) is 3.67. The largest absolute Gasteiger partial charge is 0.457 e. The van der Waals surface area contributed by atoms with Gasteiger partial charge in [0.1, 0.15) is 35.1 Å². The van der Waals surface area contributed by atoms with E-state index in [0.29, 0.717) is 12.0 Å². The molecule has 1 saturated carbocycles. The molecule has 1 aliphatic rings. The predicted molar refractivity (Wildman–Crippen MR) is 172 cm³/mol. The van der Waals surface area contributed by atoms with E-state index in [1.165, 1.54) is 12.0 Å². The summed E-state index contributed by atoms with van der Waals surface area (Å²) in [5, 5.41) is 7.85. The van der Waals surface area contributed by atoms with Gasteiger partial charge in [-0.25, -0.2) is 9.97 Å². The number of aromatic nitrogens is 3. The fourth-order valence-electron chi connectivity index (χ4n) is 6.00. The highest BCUT2D eigenvalue weighted by Gasteiger charge is 2.29. The minimum absolute atomic E-state index is 0.454. The van der Waals surface area contributed by atoms with Crippen molar-refractivity contribution in [1.82, 2.24) is 24.8 Å². The van der Waals surface area contributed by atoms with Gasteiger partial charge in [-0.15, -0.1) is 0 Å². The first-order chi connectivity index (χ1) is 20.7. The third-order valence-electron chi connectivity index (χ3n) is 8.14. The summed E-state index contributed by atoms with van der Waals surface area (Å²) in [4.78, 5) is 15.8. The Hall–Kier alpha value is -4.17. The molecule has 4 aromatic rings. The highest BCUT2D eigenvalue weighted by Crippen LogP contribution is 2.37. The lowest BCUT2D eigenvalue weighted by atomic mass is 10.1. The van der Waals surface area contributed by atoms with Gasteiger partial charge in [-0.3, -0.25) is 4.99 Å². The van der Waals surface area contributed by atoms with Crippen molar-refractivity contribution in [3.05, 3.63) is 91.5 Å². The molecule has 2 atom stereocenters. The number of para-hydroxylation sites is 1. The Kier molecular flexibility index (Phi) is 10.2. The smallest absolute Gasteiger partial charge is 0.145 e. The summed E-state index contributed by atoms with van der Waals surface area (Å²) in [6, 6.07) is 20.8. The second-order valence-corrected chi connectivity index (χ2v) is 10.9. The average molecular weight is 566 g/mol. The lowest BCUT2D eigenvalue weighted by Crippen LogP contribution is -2.31. The van der Waals surface area contributed by atoms with Crippen molar-refractivity contribution in [1.29, 1.82) is 0 Å². The Morgan fingerprint density at radius 1 is 1.10 bits per heavy atom. The van der Waals surface area contributed by atoms with Gasteiger partial charge in [-0.1, -0.05) is 36.9 Å². The first-order valence-corrected chi connectivity index (χ1v) is 15.0. The first-order valence-electron chi connectivity index (χ1n) is 15.0. The maximum atomic E-state index is 5.98. The van der Waals surface area contributed by atoms with Crippen LogP contribution in [0.3, 0.4) is 0 Å². The standard InChI is InChI=1S/C34H43N7O/c1-4-40(24-27-15-16-28(22-27)41-21-18-31-33(36-3)38-25-39-34(31)41)32(35-2)14-9-19-37-20-17-26-10-8-13-30(23-26)42-29-11-6-5-7-12-29/h4-8,10-13,18,21,23,25,27-28,37H,1,9,14-17,19-20,22,24H2,2-3H3,(H,36,38,39)/b35-32-. The zero-order valence-corrected chi connectivity index (χ0v) is 24.9. The summed E-state index contributed by atoms with van der Waals surface area (Å²) >= 11 is 0. The van der Waals surface area contributed by atoms with Gasteiger partial charge in [0, 0.05) is 39.3 Å². The van der Waals surface area contributed by atoms with E-state index in [2.05, 4.69) is 72.1 Å². The molecule has 1 aliphatic carbocycles. The van der Waals surface area contributed by atoms with Crippen LogP contribution in [0.25, 0.3) is 11.0 Å². The molecule has 0 radical (unpaired) electrons. The van der Waals surface area contributed by atoms with Gasteiger partial charge >= 0.3 is 0 Å². The van der Waals surface area contributed by atoms with Crippen LogP contribution in [-0.2, 0) is 6.42 Å².